The minimum atomic E-state index is -3.49. The van der Waals surface area contributed by atoms with Gasteiger partial charge in [0.1, 0.15) is 4.90 Å². The van der Waals surface area contributed by atoms with Gasteiger partial charge < -0.3 is 9.30 Å². The number of likely N-dealkylation sites (N-methyl/N-ethyl adjacent to an activating group) is 1. The highest BCUT2D eigenvalue weighted by Gasteiger charge is 2.25. The summed E-state index contributed by atoms with van der Waals surface area (Å²) in [6.45, 7) is 6.94. The molecule has 0 saturated heterocycles. The Hall–Kier alpha value is -0.560. The van der Waals surface area contributed by atoms with E-state index in [0.29, 0.717) is 24.6 Å². The molecule has 0 amide bonds. The number of alkyl halides is 1. The second kappa shape index (κ2) is 7.45. The van der Waals surface area contributed by atoms with E-state index in [-0.39, 0.29) is 11.9 Å². The van der Waals surface area contributed by atoms with Crippen molar-refractivity contribution in [2.24, 2.45) is 0 Å². The fourth-order valence-electron chi connectivity index (χ4n) is 2.02. The van der Waals surface area contributed by atoms with Gasteiger partial charge in [0.05, 0.1) is 12.5 Å². The fraction of sp³-hybridized carbons (Fsp3) is 0.692. The minimum Gasteiger partial charge on any atom is -0.383 e. The van der Waals surface area contributed by atoms with Crippen molar-refractivity contribution >= 4 is 21.6 Å². The minimum absolute atomic E-state index is 0.168. The van der Waals surface area contributed by atoms with Crippen molar-refractivity contribution in [2.45, 2.75) is 37.6 Å². The summed E-state index contributed by atoms with van der Waals surface area (Å²) in [6.07, 6.45) is 1.66. The van der Waals surface area contributed by atoms with Crippen LogP contribution in [0.4, 0.5) is 0 Å². The molecule has 0 bridgehead atoms. The van der Waals surface area contributed by atoms with E-state index in [1.54, 1.807) is 19.4 Å². The molecule has 1 aromatic heterocycles. The van der Waals surface area contributed by atoms with Gasteiger partial charge in [0.25, 0.3) is 0 Å². The van der Waals surface area contributed by atoms with E-state index in [1.807, 2.05) is 25.3 Å². The van der Waals surface area contributed by atoms with Gasteiger partial charge in [0, 0.05) is 38.1 Å². The predicted octanol–water partition coefficient (Wildman–Crippen LogP) is 2.46. The maximum atomic E-state index is 12.6. The number of ether oxygens (including phenoxy) is 1. The first-order chi connectivity index (χ1) is 9.38. The Morgan fingerprint density at radius 2 is 2.10 bits per heavy atom. The molecule has 0 radical (unpaired) electrons. The second-order valence-electron chi connectivity index (χ2n) is 4.79. The highest BCUT2D eigenvalue weighted by atomic mass is 35.5. The lowest BCUT2D eigenvalue weighted by Gasteiger charge is -2.19. The van der Waals surface area contributed by atoms with Crippen LogP contribution in [0, 0.1) is 0 Å². The molecule has 0 aliphatic rings. The molecule has 0 aromatic carbocycles. The first-order valence-corrected chi connectivity index (χ1v) is 8.61. The standard InChI is InChI=1S/C13H23ClN2O3S/c1-5-15(6-7-19-4)20(17,18)13-8-12(9-14)16(10-13)11(2)3/h8,10-11H,5-7,9H2,1-4H3. The van der Waals surface area contributed by atoms with E-state index in [1.165, 1.54) is 4.31 Å². The van der Waals surface area contributed by atoms with Crippen LogP contribution >= 0.6 is 11.6 Å². The predicted molar refractivity (Wildman–Crippen MR) is 80.7 cm³/mol. The van der Waals surface area contributed by atoms with E-state index in [0.717, 1.165) is 5.69 Å². The van der Waals surface area contributed by atoms with E-state index < -0.39 is 10.0 Å². The Labute approximate surface area is 126 Å². The summed E-state index contributed by atoms with van der Waals surface area (Å²) in [5.74, 6) is 0.290. The van der Waals surface area contributed by atoms with Gasteiger partial charge in [0.2, 0.25) is 10.0 Å². The van der Waals surface area contributed by atoms with Crippen LogP contribution in [0.3, 0.4) is 0 Å². The molecule has 116 valence electrons. The number of rotatable bonds is 8. The van der Waals surface area contributed by atoms with Crippen molar-refractivity contribution in [1.29, 1.82) is 0 Å². The summed E-state index contributed by atoms with van der Waals surface area (Å²) in [6, 6.07) is 1.82. The Morgan fingerprint density at radius 1 is 1.45 bits per heavy atom. The molecule has 0 atom stereocenters. The van der Waals surface area contributed by atoms with Crippen LogP contribution in [0.2, 0.25) is 0 Å². The zero-order valence-electron chi connectivity index (χ0n) is 12.5. The monoisotopic (exact) mass is 322 g/mol. The van der Waals surface area contributed by atoms with Crippen molar-refractivity contribution in [3.05, 3.63) is 18.0 Å². The molecule has 20 heavy (non-hydrogen) atoms. The van der Waals surface area contributed by atoms with Gasteiger partial charge in [-0.2, -0.15) is 4.31 Å². The van der Waals surface area contributed by atoms with Crippen molar-refractivity contribution < 1.29 is 13.2 Å². The van der Waals surface area contributed by atoms with Crippen molar-refractivity contribution in [3.63, 3.8) is 0 Å². The first-order valence-electron chi connectivity index (χ1n) is 6.64. The third-order valence-corrected chi connectivity index (χ3v) is 5.35. The molecule has 1 rings (SSSR count). The first kappa shape index (κ1) is 17.5. The van der Waals surface area contributed by atoms with E-state index in [4.69, 9.17) is 16.3 Å². The van der Waals surface area contributed by atoms with Gasteiger partial charge in [-0.15, -0.1) is 11.6 Å². The van der Waals surface area contributed by atoms with Crippen LogP contribution in [0.1, 0.15) is 32.5 Å². The van der Waals surface area contributed by atoms with Crippen LogP contribution in [0.5, 0.6) is 0 Å². The topological polar surface area (TPSA) is 51.5 Å². The number of hydrogen-bond donors (Lipinski definition) is 0. The average Bonchev–Trinajstić information content (AvgIpc) is 2.84. The van der Waals surface area contributed by atoms with E-state index in [9.17, 15) is 8.42 Å². The van der Waals surface area contributed by atoms with Gasteiger partial charge in [-0.3, -0.25) is 0 Å². The molecule has 0 spiro atoms. The van der Waals surface area contributed by atoms with Crippen molar-refractivity contribution in [1.82, 2.24) is 8.87 Å². The van der Waals surface area contributed by atoms with Crippen LogP contribution < -0.4 is 0 Å². The molecular formula is C13H23ClN2O3S. The van der Waals surface area contributed by atoms with Crippen molar-refractivity contribution in [3.8, 4) is 0 Å². The molecule has 0 unspecified atom stereocenters. The Morgan fingerprint density at radius 3 is 2.50 bits per heavy atom. The summed E-state index contributed by atoms with van der Waals surface area (Å²) in [5.41, 5.74) is 0.808. The molecule has 7 heteroatoms. The van der Waals surface area contributed by atoms with Gasteiger partial charge in [-0.05, 0) is 19.9 Å². The highest BCUT2D eigenvalue weighted by molar-refractivity contribution is 7.89. The highest BCUT2D eigenvalue weighted by Crippen LogP contribution is 2.23. The maximum absolute atomic E-state index is 12.6. The summed E-state index contributed by atoms with van der Waals surface area (Å²) >= 11 is 5.89. The third kappa shape index (κ3) is 3.75. The molecule has 1 heterocycles. The number of halogens is 1. The van der Waals surface area contributed by atoms with Crippen LogP contribution in [-0.4, -0.2) is 44.1 Å². The van der Waals surface area contributed by atoms with Gasteiger partial charge >= 0.3 is 0 Å². The van der Waals surface area contributed by atoms with Crippen LogP contribution in [0.25, 0.3) is 0 Å². The van der Waals surface area contributed by atoms with E-state index >= 15 is 0 Å². The smallest absolute Gasteiger partial charge is 0.244 e. The second-order valence-corrected chi connectivity index (χ2v) is 7.00. The lowest BCUT2D eigenvalue weighted by molar-refractivity contribution is 0.180. The van der Waals surface area contributed by atoms with Gasteiger partial charge in [-0.25, -0.2) is 8.42 Å². The van der Waals surface area contributed by atoms with E-state index in [2.05, 4.69) is 0 Å². The number of aromatic nitrogens is 1. The van der Waals surface area contributed by atoms with Gasteiger partial charge in [0.15, 0.2) is 0 Å². The number of hydrogen-bond acceptors (Lipinski definition) is 3. The summed E-state index contributed by atoms with van der Waals surface area (Å²) in [7, 11) is -1.94. The molecule has 0 aliphatic heterocycles. The Balaban J connectivity index is 3.14. The SMILES string of the molecule is CCN(CCOC)S(=O)(=O)c1cc(CCl)n(C(C)C)c1. The normalized spacial score (nSPS) is 12.6. The molecule has 0 saturated carbocycles. The fourth-order valence-corrected chi connectivity index (χ4v) is 3.72. The average molecular weight is 323 g/mol. The van der Waals surface area contributed by atoms with Gasteiger partial charge in [-0.1, -0.05) is 6.92 Å². The summed E-state index contributed by atoms with van der Waals surface area (Å²) in [5, 5.41) is 0. The lowest BCUT2D eigenvalue weighted by Crippen LogP contribution is -2.33. The summed E-state index contributed by atoms with van der Waals surface area (Å²) < 4.78 is 33.4. The maximum Gasteiger partial charge on any atom is 0.244 e. The number of nitrogens with zero attached hydrogens (tertiary/aromatic N) is 2. The zero-order chi connectivity index (χ0) is 15.3. The largest absolute Gasteiger partial charge is 0.383 e. The molecule has 0 N–H and O–H groups in total. The summed E-state index contributed by atoms with van der Waals surface area (Å²) in [4.78, 5) is 0.291. The Kier molecular flexibility index (Phi) is 6.51. The molecular weight excluding hydrogens is 300 g/mol. The molecule has 5 nitrogen and oxygen atoms in total. The van der Waals surface area contributed by atoms with Crippen LogP contribution in [0.15, 0.2) is 17.2 Å². The third-order valence-electron chi connectivity index (χ3n) is 3.14. The van der Waals surface area contributed by atoms with Crippen molar-refractivity contribution in [2.75, 3.05) is 26.8 Å². The molecule has 0 fully saturated rings. The zero-order valence-corrected chi connectivity index (χ0v) is 14.0. The molecule has 1 aromatic rings. The number of sulfonamides is 1. The lowest BCUT2D eigenvalue weighted by atomic mass is 10.4. The number of methoxy groups -OCH3 is 1. The van der Waals surface area contributed by atoms with Crippen LogP contribution in [-0.2, 0) is 20.6 Å². The molecule has 0 aliphatic carbocycles. The quantitative estimate of drug-likeness (QED) is 0.691. The Bertz CT molecular complexity index is 526.